The highest BCUT2D eigenvalue weighted by atomic mass is 35.5. The topological polar surface area (TPSA) is 38.0 Å². The smallest absolute Gasteiger partial charge is 0.0571 e. The SMILES string of the molecule is Cl.NNC1(c2ccccc2)CC1. The average Bonchev–Trinajstić information content (AvgIpc) is 2.86. The maximum absolute atomic E-state index is 5.45. The van der Waals surface area contributed by atoms with E-state index in [2.05, 4.69) is 17.6 Å². The first-order chi connectivity index (χ1) is 5.37. The standard InChI is InChI=1S/C9H12N2.ClH/c10-11-9(6-7-9)8-4-2-1-3-5-8;/h1-5,11H,6-7,10H2;1H. The summed E-state index contributed by atoms with van der Waals surface area (Å²) in [6.07, 6.45) is 2.32. The van der Waals surface area contributed by atoms with Crippen LogP contribution in [0.2, 0.25) is 0 Å². The number of hydrogen-bond acceptors (Lipinski definition) is 2. The Balaban J connectivity index is 0.000000720. The first-order valence-electron chi connectivity index (χ1n) is 3.91. The fourth-order valence-electron chi connectivity index (χ4n) is 1.40. The van der Waals surface area contributed by atoms with Gasteiger partial charge in [-0.25, -0.2) is 5.43 Å². The van der Waals surface area contributed by atoms with E-state index in [1.165, 1.54) is 5.56 Å². The van der Waals surface area contributed by atoms with Crippen molar-refractivity contribution in [1.82, 2.24) is 5.43 Å². The molecule has 0 atom stereocenters. The predicted octanol–water partition coefficient (Wildman–Crippen LogP) is 1.56. The first kappa shape index (κ1) is 9.52. The van der Waals surface area contributed by atoms with Crippen LogP contribution in [-0.2, 0) is 5.54 Å². The number of benzene rings is 1. The van der Waals surface area contributed by atoms with Crippen molar-refractivity contribution in [2.24, 2.45) is 5.84 Å². The van der Waals surface area contributed by atoms with Gasteiger partial charge >= 0.3 is 0 Å². The monoisotopic (exact) mass is 184 g/mol. The van der Waals surface area contributed by atoms with Crippen molar-refractivity contribution in [3.05, 3.63) is 35.9 Å². The van der Waals surface area contributed by atoms with Gasteiger partial charge in [-0.15, -0.1) is 12.4 Å². The zero-order chi connectivity index (χ0) is 7.73. The van der Waals surface area contributed by atoms with Crippen LogP contribution in [0.4, 0.5) is 0 Å². The van der Waals surface area contributed by atoms with Crippen molar-refractivity contribution in [3.8, 4) is 0 Å². The summed E-state index contributed by atoms with van der Waals surface area (Å²) in [6, 6.07) is 10.4. The highest BCUT2D eigenvalue weighted by Gasteiger charge is 2.42. The van der Waals surface area contributed by atoms with E-state index in [9.17, 15) is 0 Å². The van der Waals surface area contributed by atoms with E-state index < -0.39 is 0 Å². The number of nitrogens with two attached hydrogens (primary N) is 1. The second-order valence-electron chi connectivity index (χ2n) is 3.09. The van der Waals surface area contributed by atoms with Gasteiger partial charge in [0.15, 0.2) is 0 Å². The maximum Gasteiger partial charge on any atom is 0.0571 e. The minimum Gasteiger partial charge on any atom is -0.271 e. The molecule has 12 heavy (non-hydrogen) atoms. The van der Waals surface area contributed by atoms with E-state index in [4.69, 9.17) is 5.84 Å². The van der Waals surface area contributed by atoms with Crippen LogP contribution in [0.25, 0.3) is 0 Å². The third-order valence-electron chi connectivity index (χ3n) is 2.35. The third kappa shape index (κ3) is 1.46. The van der Waals surface area contributed by atoms with Gasteiger partial charge in [0.05, 0.1) is 5.54 Å². The van der Waals surface area contributed by atoms with Gasteiger partial charge in [0, 0.05) is 0 Å². The second kappa shape index (κ2) is 3.44. The summed E-state index contributed by atoms with van der Waals surface area (Å²) in [5.74, 6) is 5.45. The van der Waals surface area contributed by atoms with E-state index in [-0.39, 0.29) is 17.9 Å². The normalized spacial score (nSPS) is 18.1. The summed E-state index contributed by atoms with van der Waals surface area (Å²) >= 11 is 0. The lowest BCUT2D eigenvalue weighted by atomic mass is 10.1. The zero-order valence-electron chi connectivity index (χ0n) is 6.79. The van der Waals surface area contributed by atoms with Crippen LogP contribution in [0.15, 0.2) is 30.3 Å². The van der Waals surface area contributed by atoms with Gasteiger partial charge in [0.2, 0.25) is 0 Å². The van der Waals surface area contributed by atoms with E-state index in [1.807, 2.05) is 18.2 Å². The molecule has 0 aliphatic heterocycles. The Kier molecular flexibility index (Phi) is 2.73. The summed E-state index contributed by atoms with van der Waals surface area (Å²) < 4.78 is 0. The molecule has 0 aromatic heterocycles. The molecule has 1 saturated carbocycles. The Labute approximate surface area is 78.5 Å². The van der Waals surface area contributed by atoms with Crippen LogP contribution in [0, 0.1) is 0 Å². The Bertz CT molecular complexity index is 244. The maximum atomic E-state index is 5.45. The van der Waals surface area contributed by atoms with E-state index >= 15 is 0 Å². The van der Waals surface area contributed by atoms with Crippen molar-refractivity contribution < 1.29 is 0 Å². The molecule has 2 rings (SSSR count). The molecule has 0 saturated heterocycles. The minimum absolute atomic E-state index is 0. The molecule has 0 spiro atoms. The molecule has 1 aliphatic rings. The van der Waals surface area contributed by atoms with Crippen LogP contribution in [0.1, 0.15) is 18.4 Å². The molecule has 0 amide bonds. The van der Waals surface area contributed by atoms with Crippen molar-refractivity contribution in [2.45, 2.75) is 18.4 Å². The van der Waals surface area contributed by atoms with Crippen LogP contribution in [0.5, 0.6) is 0 Å². The molecule has 1 fully saturated rings. The summed E-state index contributed by atoms with van der Waals surface area (Å²) in [4.78, 5) is 0. The van der Waals surface area contributed by atoms with Crippen molar-refractivity contribution in [3.63, 3.8) is 0 Å². The van der Waals surface area contributed by atoms with Gasteiger partial charge in [-0.05, 0) is 18.4 Å². The van der Waals surface area contributed by atoms with Crippen LogP contribution >= 0.6 is 12.4 Å². The van der Waals surface area contributed by atoms with Gasteiger partial charge in [0.25, 0.3) is 0 Å². The van der Waals surface area contributed by atoms with E-state index in [1.54, 1.807) is 0 Å². The van der Waals surface area contributed by atoms with E-state index in [0.717, 1.165) is 12.8 Å². The zero-order valence-corrected chi connectivity index (χ0v) is 7.60. The molecule has 66 valence electrons. The van der Waals surface area contributed by atoms with Crippen LogP contribution in [-0.4, -0.2) is 0 Å². The summed E-state index contributed by atoms with van der Waals surface area (Å²) in [7, 11) is 0. The van der Waals surface area contributed by atoms with Crippen molar-refractivity contribution in [1.29, 1.82) is 0 Å². The highest BCUT2D eigenvalue weighted by Crippen LogP contribution is 2.44. The molecule has 0 bridgehead atoms. The summed E-state index contributed by atoms with van der Waals surface area (Å²) in [5, 5.41) is 0. The van der Waals surface area contributed by atoms with E-state index in [0.29, 0.717) is 0 Å². The molecule has 2 nitrogen and oxygen atoms in total. The van der Waals surface area contributed by atoms with Gasteiger partial charge in [0.1, 0.15) is 0 Å². The van der Waals surface area contributed by atoms with Crippen LogP contribution < -0.4 is 11.3 Å². The second-order valence-corrected chi connectivity index (χ2v) is 3.09. The lowest BCUT2D eigenvalue weighted by molar-refractivity contribution is 0.541. The lowest BCUT2D eigenvalue weighted by Gasteiger charge is -2.12. The third-order valence-corrected chi connectivity index (χ3v) is 2.35. The number of hydrogen-bond donors (Lipinski definition) is 2. The van der Waals surface area contributed by atoms with Gasteiger partial charge < -0.3 is 0 Å². The summed E-state index contributed by atoms with van der Waals surface area (Å²) in [6.45, 7) is 0. The number of hydrazine groups is 1. The Morgan fingerprint density at radius 3 is 2.17 bits per heavy atom. The highest BCUT2D eigenvalue weighted by molar-refractivity contribution is 5.85. The lowest BCUT2D eigenvalue weighted by Crippen LogP contribution is -2.34. The molecule has 1 aromatic rings. The Morgan fingerprint density at radius 1 is 1.17 bits per heavy atom. The van der Waals surface area contributed by atoms with Crippen molar-refractivity contribution in [2.75, 3.05) is 0 Å². The fraction of sp³-hybridized carbons (Fsp3) is 0.333. The largest absolute Gasteiger partial charge is 0.271 e. The minimum atomic E-state index is 0. The molecule has 0 radical (unpaired) electrons. The van der Waals surface area contributed by atoms with Gasteiger partial charge in [-0.2, -0.15) is 0 Å². The Hall–Kier alpha value is -0.570. The molecular formula is C9H13ClN2. The molecular weight excluding hydrogens is 172 g/mol. The quantitative estimate of drug-likeness (QED) is 0.541. The first-order valence-corrected chi connectivity index (χ1v) is 3.91. The molecule has 3 heteroatoms. The average molecular weight is 185 g/mol. The summed E-state index contributed by atoms with van der Waals surface area (Å²) in [5.41, 5.74) is 4.29. The van der Waals surface area contributed by atoms with Crippen molar-refractivity contribution >= 4 is 12.4 Å². The molecule has 0 unspecified atom stereocenters. The fourth-order valence-corrected chi connectivity index (χ4v) is 1.40. The predicted molar refractivity (Wildman–Crippen MR) is 51.9 cm³/mol. The number of halogens is 1. The molecule has 3 N–H and O–H groups in total. The van der Waals surface area contributed by atoms with Gasteiger partial charge in [-0.1, -0.05) is 30.3 Å². The molecule has 1 aliphatic carbocycles. The van der Waals surface area contributed by atoms with Gasteiger partial charge in [-0.3, -0.25) is 5.84 Å². The molecule has 0 heterocycles. The Morgan fingerprint density at radius 2 is 1.75 bits per heavy atom. The van der Waals surface area contributed by atoms with Crippen LogP contribution in [0.3, 0.4) is 0 Å². The number of nitrogens with one attached hydrogen (secondary N) is 1. The number of rotatable bonds is 2. The molecule has 1 aromatic carbocycles.